The van der Waals surface area contributed by atoms with Gasteiger partial charge in [-0.15, -0.1) is 0 Å². The molecule has 0 spiro atoms. The zero-order valence-corrected chi connectivity index (χ0v) is 13.0. The SMILES string of the molecule is COC(=O)c1c2c(cc(O)c1OC)Oc1ccc(OC)cc1C2. The number of hydrogen-bond acceptors (Lipinski definition) is 6. The maximum absolute atomic E-state index is 12.2. The third-order valence-corrected chi connectivity index (χ3v) is 3.78. The fourth-order valence-corrected chi connectivity index (χ4v) is 2.69. The number of phenolic OH excluding ortho intramolecular Hbond substituents is 1. The second kappa shape index (κ2) is 5.72. The number of fused-ring (bicyclic) bond motifs is 2. The third-order valence-electron chi connectivity index (χ3n) is 3.78. The maximum atomic E-state index is 12.2. The van der Waals surface area contributed by atoms with Gasteiger partial charge in [0.25, 0.3) is 0 Å². The van der Waals surface area contributed by atoms with Gasteiger partial charge in [-0.25, -0.2) is 4.79 Å². The smallest absolute Gasteiger partial charge is 0.342 e. The minimum Gasteiger partial charge on any atom is -0.504 e. The molecule has 120 valence electrons. The van der Waals surface area contributed by atoms with E-state index in [0.29, 0.717) is 29.2 Å². The van der Waals surface area contributed by atoms with Crippen LogP contribution in [0.1, 0.15) is 21.5 Å². The Labute approximate surface area is 133 Å². The van der Waals surface area contributed by atoms with Gasteiger partial charge in [0.2, 0.25) is 0 Å². The van der Waals surface area contributed by atoms with Gasteiger partial charge >= 0.3 is 5.97 Å². The zero-order valence-electron chi connectivity index (χ0n) is 13.0. The van der Waals surface area contributed by atoms with E-state index in [-0.39, 0.29) is 17.1 Å². The Hall–Kier alpha value is -2.89. The van der Waals surface area contributed by atoms with Crippen LogP contribution in [0.4, 0.5) is 0 Å². The number of rotatable bonds is 3. The molecule has 6 nitrogen and oxygen atoms in total. The standard InChI is InChI=1S/C17H16O6/c1-20-10-4-5-13-9(6-10)7-11-14(23-13)8-12(18)16(21-2)15(11)17(19)22-3/h4-6,8,18H,7H2,1-3H3. The fraction of sp³-hybridized carbons (Fsp3) is 0.235. The second-order valence-electron chi connectivity index (χ2n) is 5.02. The molecule has 23 heavy (non-hydrogen) atoms. The van der Waals surface area contributed by atoms with E-state index in [1.165, 1.54) is 20.3 Å². The van der Waals surface area contributed by atoms with Crippen molar-refractivity contribution in [2.24, 2.45) is 0 Å². The van der Waals surface area contributed by atoms with E-state index >= 15 is 0 Å². The number of aromatic hydroxyl groups is 1. The van der Waals surface area contributed by atoms with Crippen molar-refractivity contribution in [2.45, 2.75) is 6.42 Å². The van der Waals surface area contributed by atoms with Crippen LogP contribution >= 0.6 is 0 Å². The van der Waals surface area contributed by atoms with E-state index in [2.05, 4.69) is 0 Å². The molecule has 0 saturated heterocycles. The average Bonchev–Trinajstić information content (AvgIpc) is 2.57. The Morgan fingerprint density at radius 3 is 2.57 bits per heavy atom. The highest BCUT2D eigenvalue weighted by molar-refractivity contribution is 5.96. The van der Waals surface area contributed by atoms with E-state index in [0.717, 1.165) is 5.56 Å². The first-order valence-corrected chi connectivity index (χ1v) is 6.95. The number of benzene rings is 2. The van der Waals surface area contributed by atoms with Gasteiger partial charge in [-0.1, -0.05) is 0 Å². The molecule has 6 heteroatoms. The predicted octanol–water partition coefficient (Wildman–Crippen LogP) is 2.89. The monoisotopic (exact) mass is 316 g/mol. The lowest BCUT2D eigenvalue weighted by Crippen LogP contribution is -2.13. The first-order valence-electron chi connectivity index (χ1n) is 6.95. The van der Waals surface area contributed by atoms with E-state index in [9.17, 15) is 9.90 Å². The minimum absolute atomic E-state index is 0.0746. The Kier molecular flexibility index (Phi) is 3.73. The van der Waals surface area contributed by atoms with Crippen LogP contribution in [0.25, 0.3) is 0 Å². The summed E-state index contributed by atoms with van der Waals surface area (Å²) in [4.78, 5) is 12.2. The molecule has 2 aromatic carbocycles. The normalized spacial score (nSPS) is 11.8. The number of phenols is 1. The Balaban J connectivity index is 2.18. The van der Waals surface area contributed by atoms with Gasteiger partial charge in [-0.05, 0) is 18.2 Å². The average molecular weight is 316 g/mol. The Morgan fingerprint density at radius 1 is 1.13 bits per heavy atom. The van der Waals surface area contributed by atoms with Crippen molar-refractivity contribution in [1.82, 2.24) is 0 Å². The van der Waals surface area contributed by atoms with Crippen LogP contribution in [0.5, 0.6) is 28.7 Å². The van der Waals surface area contributed by atoms with E-state index < -0.39 is 5.97 Å². The van der Waals surface area contributed by atoms with Gasteiger partial charge in [0, 0.05) is 23.6 Å². The van der Waals surface area contributed by atoms with Gasteiger partial charge in [-0.3, -0.25) is 0 Å². The second-order valence-corrected chi connectivity index (χ2v) is 5.02. The highest BCUT2D eigenvalue weighted by atomic mass is 16.5. The lowest BCUT2D eigenvalue weighted by atomic mass is 9.94. The van der Waals surface area contributed by atoms with E-state index in [4.69, 9.17) is 18.9 Å². The quantitative estimate of drug-likeness (QED) is 0.749. The summed E-state index contributed by atoms with van der Waals surface area (Å²) < 4.78 is 21.0. The van der Waals surface area contributed by atoms with Crippen LogP contribution in [0.2, 0.25) is 0 Å². The summed E-state index contributed by atoms with van der Waals surface area (Å²) in [6.45, 7) is 0. The van der Waals surface area contributed by atoms with Crippen LogP contribution in [0, 0.1) is 0 Å². The molecule has 1 aliphatic rings. The molecule has 1 heterocycles. The van der Waals surface area contributed by atoms with Crippen LogP contribution in [0.3, 0.4) is 0 Å². The lowest BCUT2D eigenvalue weighted by molar-refractivity contribution is 0.0594. The number of ether oxygens (including phenoxy) is 4. The van der Waals surface area contributed by atoms with Crippen molar-refractivity contribution in [1.29, 1.82) is 0 Å². The molecule has 2 aromatic rings. The van der Waals surface area contributed by atoms with E-state index in [1.807, 2.05) is 6.07 Å². The molecular formula is C17H16O6. The number of esters is 1. The summed E-state index contributed by atoms with van der Waals surface area (Å²) in [5.74, 6) is 1.05. The van der Waals surface area contributed by atoms with Gasteiger partial charge in [0.15, 0.2) is 11.5 Å². The first kappa shape index (κ1) is 15.0. The number of carbonyl (C=O) groups is 1. The van der Waals surface area contributed by atoms with Crippen LogP contribution in [0.15, 0.2) is 24.3 Å². The molecule has 0 aliphatic carbocycles. The molecule has 3 rings (SSSR count). The summed E-state index contributed by atoms with van der Waals surface area (Å²) in [5.41, 5.74) is 1.64. The first-order chi connectivity index (χ1) is 11.1. The summed E-state index contributed by atoms with van der Waals surface area (Å²) in [6.07, 6.45) is 0.433. The van der Waals surface area contributed by atoms with Gasteiger partial charge in [-0.2, -0.15) is 0 Å². The largest absolute Gasteiger partial charge is 0.504 e. The molecule has 1 aliphatic heterocycles. The van der Waals surface area contributed by atoms with Crippen LogP contribution < -0.4 is 14.2 Å². The van der Waals surface area contributed by atoms with Gasteiger partial charge < -0.3 is 24.1 Å². The van der Waals surface area contributed by atoms with Crippen molar-refractivity contribution >= 4 is 5.97 Å². The number of hydrogen-bond donors (Lipinski definition) is 1. The number of methoxy groups -OCH3 is 3. The molecular weight excluding hydrogens is 300 g/mol. The molecule has 0 bridgehead atoms. The third kappa shape index (κ3) is 2.42. The highest BCUT2D eigenvalue weighted by Gasteiger charge is 2.29. The fourth-order valence-electron chi connectivity index (χ4n) is 2.69. The molecule has 0 radical (unpaired) electrons. The zero-order chi connectivity index (χ0) is 16.6. The molecule has 0 fully saturated rings. The summed E-state index contributed by atoms with van der Waals surface area (Å²) in [7, 11) is 4.24. The van der Waals surface area contributed by atoms with Gasteiger partial charge in [0.1, 0.15) is 22.8 Å². The highest BCUT2D eigenvalue weighted by Crippen LogP contribution is 2.46. The van der Waals surface area contributed by atoms with Gasteiger partial charge in [0.05, 0.1) is 21.3 Å². The summed E-state index contributed by atoms with van der Waals surface area (Å²) in [5, 5.41) is 10.1. The Bertz CT molecular complexity index is 781. The molecule has 1 N–H and O–H groups in total. The molecule has 0 amide bonds. The van der Waals surface area contributed by atoms with E-state index in [1.54, 1.807) is 19.2 Å². The lowest BCUT2D eigenvalue weighted by Gasteiger charge is -2.24. The van der Waals surface area contributed by atoms with Crippen molar-refractivity contribution in [2.75, 3.05) is 21.3 Å². The molecule has 0 aromatic heterocycles. The van der Waals surface area contributed by atoms with Crippen LogP contribution in [-0.4, -0.2) is 32.4 Å². The van der Waals surface area contributed by atoms with Crippen molar-refractivity contribution in [3.05, 3.63) is 41.0 Å². The predicted molar refractivity (Wildman–Crippen MR) is 81.9 cm³/mol. The molecule has 0 unspecified atom stereocenters. The maximum Gasteiger partial charge on any atom is 0.342 e. The topological polar surface area (TPSA) is 74.2 Å². The summed E-state index contributed by atoms with van der Waals surface area (Å²) >= 11 is 0. The van der Waals surface area contributed by atoms with Crippen LogP contribution in [-0.2, 0) is 11.2 Å². The number of carbonyl (C=O) groups excluding carboxylic acids is 1. The minimum atomic E-state index is -0.594. The Morgan fingerprint density at radius 2 is 1.91 bits per heavy atom. The molecule has 0 atom stereocenters. The summed E-state index contributed by atoms with van der Waals surface area (Å²) in [6, 6.07) is 6.86. The van der Waals surface area contributed by atoms with Crippen molar-refractivity contribution in [3.8, 4) is 28.7 Å². The molecule has 0 saturated carbocycles. The van der Waals surface area contributed by atoms with Crippen molar-refractivity contribution < 1.29 is 28.8 Å². The van der Waals surface area contributed by atoms with Crippen molar-refractivity contribution in [3.63, 3.8) is 0 Å².